The van der Waals surface area contributed by atoms with Crippen LogP contribution in [0.15, 0.2) is 42.5 Å². The molecule has 0 aromatic heterocycles. The number of benzene rings is 2. The molecule has 0 aliphatic carbocycles. The summed E-state index contributed by atoms with van der Waals surface area (Å²) >= 11 is 0. The fourth-order valence-electron chi connectivity index (χ4n) is 5.59. The first-order chi connectivity index (χ1) is 13.8. The van der Waals surface area contributed by atoms with E-state index in [-0.39, 0.29) is 0 Å². The van der Waals surface area contributed by atoms with Gasteiger partial charge >= 0.3 is 0 Å². The van der Waals surface area contributed by atoms with Crippen molar-refractivity contribution in [3.63, 3.8) is 0 Å². The molecule has 0 saturated carbocycles. The van der Waals surface area contributed by atoms with E-state index in [1.807, 2.05) is 0 Å². The van der Waals surface area contributed by atoms with E-state index in [1.165, 1.54) is 49.4 Å². The van der Waals surface area contributed by atoms with Crippen molar-refractivity contribution in [3.8, 4) is 5.75 Å². The summed E-state index contributed by atoms with van der Waals surface area (Å²) in [6.45, 7) is 5.85. The Balaban J connectivity index is 1.35. The zero-order chi connectivity index (χ0) is 19.1. The van der Waals surface area contributed by atoms with Gasteiger partial charge < -0.3 is 19.4 Å². The molecule has 2 aromatic rings. The van der Waals surface area contributed by atoms with Crippen molar-refractivity contribution in [2.45, 2.75) is 31.2 Å². The van der Waals surface area contributed by atoms with Gasteiger partial charge in [0.1, 0.15) is 5.75 Å². The van der Waals surface area contributed by atoms with E-state index in [1.54, 1.807) is 12.7 Å². The first-order valence-electron chi connectivity index (χ1n) is 10.7. The quantitative estimate of drug-likeness (QED) is 0.808. The van der Waals surface area contributed by atoms with Crippen molar-refractivity contribution in [1.29, 1.82) is 0 Å². The van der Waals surface area contributed by atoms with E-state index in [2.05, 4.69) is 64.2 Å². The van der Waals surface area contributed by atoms with E-state index in [0.717, 1.165) is 25.3 Å². The second kappa shape index (κ2) is 7.32. The van der Waals surface area contributed by atoms with Crippen LogP contribution in [-0.2, 0) is 6.42 Å². The number of para-hydroxylation sites is 2. The molecule has 1 fully saturated rings. The van der Waals surface area contributed by atoms with E-state index in [9.17, 15) is 0 Å². The Kier molecular flexibility index (Phi) is 4.67. The largest absolute Gasteiger partial charge is 0.496 e. The molecule has 0 amide bonds. The Bertz CT molecular complexity index is 851. The summed E-state index contributed by atoms with van der Waals surface area (Å²) in [6.07, 6.45) is 3.58. The van der Waals surface area contributed by atoms with Crippen LogP contribution < -0.4 is 14.5 Å². The normalized spacial score (nSPS) is 23.9. The molecular weight excluding hydrogens is 346 g/mol. The zero-order valence-electron chi connectivity index (χ0n) is 17.1. The third kappa shape index (κ3) is 2.95. The number of anilines is 2. The van der Waals surface area contributed by atoms with Crippen LogP contribution in [0.4, 0.5) is 11.4 Å². The van der Waals surface area contributed by atoms with Crippen LogP contribution in [0.1, 0.15) is 29.9 Å². The number of likely N-dealkylation sites (tertiary alicyclic amines) is 1. The van der Waals surface area contributed by atoms with Gasteiger partial charge in [0.15, 0.2) is 0 Å². The maximum atomic E-state index is 5.54. The van der Waals surface area contributed by atoms with Gasteiger partial charge in [0, 0.05) is 51.7 Å². The average Bonchev–Trinajstić information content (AvgIpc) is 2.94. The fourth-order valence-corrected chi connectivity index (χ4v) is 5.59. The third-order valence-corrected chi connectivity index (χ3v) is 6.99. The summed E-state index contributed by atoms with van der Waals surface area (Å²) in [4.78, 5) is 7.87. The van der Waals surface area contributed by atoms with Gasteiger partial charge in [-0.05, 0) is 42.5 Å². The number of piperidine rings is 1. The minimum Gasteiger partial charge on any atom is -0.496 e. The van der Waals surface area contributed by atoms with E-state index in [0.29, 0.717) is 12.0 Å². The van der Waals surface area contributed by atoms with Crippen LogP contribution in [0.3, 0.4) is 0 Å². The number of hydrogen-bond acceptors (Lipinski definition) is 4. The maximum absolute atomic E-state index is 5.54. The van der Waals surface area contributed by atoms with Crippen LogP contribution >= 0.6 is 0 Å². The predicted molar refractivity (Wildman–Crippen MR) is 116 cm³/mol. The Hall–Kier alpha value is -2.20. The van der Waals surface area contributed by atoms with Crippen molar-refractivity contribution >= 4 is 11.4 Å². The highest BCUT2D eigenvalue weighted by Gasteiger charge is 2.43. The molecule has 5 rings (SSSR count). The molecule has 148 valence electrons. The molecule has 0 N–H and O–H groups in total. The SMILES string of the molecule is COc1ccccc1CCN1CCC2C(C1)c1cccc3c1N2CCCN3C. The molecule has 4 nitrogen and oxygen atoms in total. The number of nitrogens with zero attached hydrogens (tertiary/aromatic N) is 3. The maximum Gasteiger partial charge on any atom is 0.122 e. The molecule has 2 atom stereocenters. The van der Waals surface area contributed by atoms with Gasteiger partial charge in [-0.15, -0.1) is 0 Å². The summed E-state index contributed by atoms with van der Waals surface area (Å²) in [6, 6.07) is 16.1. The Morgan fingerprint density at radius 1 is 1.04 bits per heavy atom. The smallest absolute Gasteiger partial charge is 0.122 e. The number of methoxy groups -OCH3 is 1. The number of rotatable bonds is 4. The monoisotopic (exact) mass is 377 g/mol. The number of ether oxygens (including phenoxy) is 1. The highest BCUT2D eigenvalue weighted by Crippen LogP contribution is 2.49. The second-order valence-corrected chi connectivity index (χ2v) is 8.51. The summed E-state index contributed by atoms with van der Waals surface area (Å²) in [5, 5.41) is 0. The van der Waals surface area contributed by atoms with Crippen molar-refractivity contribution in [1.82, 2.24) is 4.90 Å². The van der Waals surface area contributed by atoms with Crippen molar-refractivity contribution in [2.75, 3.05) is 56.7 Å². The van der Waals surface area contributed by atoms with Gasteiger partial charge in [0.25, 0.3) is 0 Å². The lowest BCUT2D eigenvalue weighted by Gasteiger charge is -2.39. The summed E-state index contributed by atoms with van der Waals surface area (Å²) in [5.41, 5.74) is 5.87. The Morgan fingerprint density at radius 3 is 2.82 bits per heavy atom. The summed E-state index contributed by atoms with van der Waals surface area (Å²) < 4.78 is 5.54. The Labute approximate surface area is 168 Å². The first kappa shape index (κ1) is 17.9. The average molecular weight is 378 g/mol. The highest BCUT2D eigenvalue weighted by molar-refractivity contribution is 5.79. The van der Waals surface area contributed by atoms with Crippen LogP contribution in [0.5, 0.6) is 5.75 Å². The van der Waals surface area contributed by atoms with Crippen LogP contribution in [0.2, 0.25) is 0 Å². The lowest BCUT2D eigenvalue weighted by atomic mass is 9.88. The first-order valence-corrected chi connectivity index (χ1v) is 10.7. The molecule has 2 aromatic carbocycles. The van der Waals surface area contributed by atoms with Gasteiger partial charge in [-0.1, -0.05) is 30.3 Å². The second-order valence-electron chi connectivity index (χ2n) is 8.51. The van der Waals surface area contributed by atoms with Gasteiger partial charge in [-0.25, -0.2) is 0 Å². The van der Waals surface area contributed by atoms with Crippen LogP contribution in [0.25, 0.3) is 0 Å². The fraction of sp³-hybridized carbons (Fsp3) is 0.500. The highest BCUT2D eigenvalue weighted by atomic mass is 16.5. The van der Waals surface area contributed by atoms with Crippen molar-refractivity contribution < 1.29 is 4.74 Å². The van der Waals surface area contributed by atoms with Crippen LogP contribution in [-0.4, -0.2) is 57.8 Å². The topological polar surface area (TPSA) is 19.0 Å². The van der Waals surface area contributed by atoms with Gasteiger partial charge in [-0.2, -0.15) is 0 Å². The molecule has 3 aliphatic heterocycles. The summed E-state index contributed by atoms with van der Waals surface area (Å²) in [7, 11) is 4.02. The minimum atomic E-state index is 0.646. The molecule has 0 spiro atoms. The van der Waals surface area contributed by atoms with Crippen molar-refractivity contribution in [2.24, 2.45) is 0 Å². The van der Waals surface area contributed by atoms with E-state index < -0.39 is 0 Å². The van der Waals surface area contributed by atoms with E-state index >= 15 is 0 Å². The molecular formula is C24H31N3O. The Morgan fingerprint density at radius 2 is 1.93 bits per heavy atom. The molecule has 28 heavy (non-hydrogen) atoms. The van der Waals surface area contributed by atoms with Crippen LogP contribution in [0, 0.1) is 0 Å². The standard InChI is InChI=1S/C24H31N3O/c1-25-13-6-14-27-21-12-16-26(15-11-18-7-3-4-10-23(18)28-2)17-20(21)19-8-5-9-22(25)24(19)27/h3-5,7-10,20-21H,6,11-17H2,1-2H3. The van der Waals surface area contributed by atoms with Gasteiger partial charge in [-0.3, -0.25) is 0 Å². The molecule has 3 aliphatic rings. The van der Waals surface area contributed by atoms with E-state index in [4.69, 9.17) is 4.74 Å². The zero-order valence-corrected chi connectivity index (χ0v) is 17.1. The molecule has 3 heterocycles. The van der Waals surface area contributed by atoms with Gasteiger partial charge in [0.05, 0.1) is 18.5 Å². The number of fused-ring (bicyclic) bond motifs is 3. The summed E-state index contributed by atoms with van der Waals surface area (Å²) in [5.74, 6) is 1.66. The molecule has 2 unspecified atom stereocenters. The molecule has 0 bridgehead atoms. The molecule has 4 heteroatoms. The third-order valence-electron chi connectivity index (χ3n) is 6.99. The lowest BCUT2D eigenvalue weighted by molar-refractivity contribution is 0.195. The predicted octanol–water partition coefficient (Wildman–Crippen LogP) is 3.76. The minimum absolute atomic E-state index is 0.646. The molecule has 0 radical (unpaired) electrons. The molecule has 1 saturated heterocycles. The van der Waals surface area contributed by atoms with Gasteiger partial charge in [0.2, 0.25) is 0 Å². The van der Waals surface area contributed by atoms with Crippen molar-refractivity contribution in [3.05, 3.63) is 53.6 Å². The lowest BCUT2D eigenvalue weighted by Crippen LogP contribution is -2.47. The number of hydrogen-bond donors (Lipinski definition) is 0.